The van der Waals surface area contributed by atoms with Crippen LogP contribution in [0.3, 0.4) is 0 Å². The Morgan fingerprint density at radius 2 is 1.83 bits per heavy atom. The van der Waals surface area contributed by atoms with Crippen molar-refractivity contribution in [3.63, 3.8) is 0 Å². The van der Waals surface area contributed by atoms with E-state index in [1.165, 1.54) is 15.7 Å². The van der Waals surface area contributed by atoms with Crippen LogP contribution in [0.25, 0.3) is 10.9 Å². The number of aromatic nitrogens is 1. The number of nitrogens with zero attached hydrogens (tertiary/aromatic N) is 3. The van der Waals surface area contributed by atoms with E-state index in [2.05, 4.69) is 6.07 Å². The highest BCUT2D eigenvalue weighted by molar-refractivity contribution is 7.98. The van der Waals surface area contributed by atoms with Gasteiger partial charge in [0.2, 0.25) is 0 Å². The standard InChI is InChI=1S/C28H25N3O3S2/c1-17-5-9-21(10-6-17)36(33,34)31-12-11-22-26(24(35-4)13-18(2)27(22)31)28(3,32)25-15-20-8-7-19(16-29)14-23(20)30-25/h5-14,32H,15H2,1-4H3. The third-order valence-corrected chi connectivity index (χ3v) is 9.21. The van der Waals surface area contributed by atoms with Crippen LogP contribution in [0.5, 0.6) is 0 Å². The van der Waals surface area contributed by atoms with Gasteiger partial charge in [0.05, 0.1) is 33.4 Å². The minimum absolute atomic E-state index is 0.205. The number of aryl methyl sites for hydroxylation is 2. The van der Waals surface area contributed by atoms with Crippen LogP contribution < -0.4 is 0 Å². The van der Waals surface area contributed by atoms with E-state index in [1.54, 1.807) is 55.6 Å². The maximum Gasteiger partial charge on any atom is 0.268 e. The lowest BCUT2D eigenvalue weighted by molar-refractivity contribution is 0.130. The molecule has 0 radical (unpaired) electrons. The molecule has 1 aliphatic heterocycles. The van der Waals surface area contributed by atoms with Crippen molar-refractivity contribution in [2.45, 2.75) is 42.6 Å². The summed E-state index contributed by atoms with van der Waals surface area (Å²) in [4.78, 5) is 5.76. The lowest BCUT2D eigenvalue weighted by Gasteiger charge is -2.28. The molecule has 0 spiro atoms. The molecule has 2 heterocycles. The molecule has 1 aromatic heterocycles. The van der Waals surface area contributed by atoms with Gasteiger partial charge < -0.3 is 5.11 Å². The first-order valence-corrected chi connectivity index (χ1v) is 14.1. The molecule has 4 aromatic rings. The third-order valence-electron chi connectivity index (χ3n) is 6.76. The fourth-order valence-electron chi connectivity index (χ4n) is 4.84. The Labute approximate surface area is 215 Å². The quantitative estimate of drug-likeness (QED) is 0.348. The zero-order valence-electron chi connectivity index (χ0n) is 20.4. The molecule has 0 bridgehead atoms. The van der Waals surface area contributed by atoms with E-state index in [0.717, 1.165) is 21.6 Å². The van der Waals surface area contributed by atoms with Crippen LogP contribution in [0, 0.1) is 25.2 Å². The number of hydrogen-bond donors (Lipinski definition) is 1. The van der Waals surface area contributed by atoms with Gasteiger partial charge in [-0.2, -0.15) is 5.26 Å². The van der Waals surface area contributed by atoms with E-state index >= 15 is 0 Å². The second kappa shape index (κ2) is 8.63. The number of fused-ring (bicyclic) bond motifs is 2. The summed E-state index contributed by atoms with van der Waals surface area (Å²) < 4.78 is 28.5. The summed E-state index contributed by atoms with van der Waals surface area (Å²) >= 11 is 1.50. The molecule has 1 aliphatic rings. The highest BCUT2D eigenvalue weighted by atomic mass is 32.2. The van der Waals surface area contributed by atoms with Gasteiger partial charge in [-0.1, -0.05) is 23.8 Å². The second-order valence-electron chi connectivity index (χ2n) is 9.23. The second-order valence-corrected chi connectivity index (χ2v) is 11.9. The van der Waals surface area contributed by atoms with Crippen molar-refractivity contribution in [1.82, 2.24) is 3.97 Å². The number of aliphatic hydroxyl groups is 1. The Hall–Kier alpha value is -3.38. The minimum Gasteiger partial charge on any atom is -0.379 e. The Bertz CT molecular complexity index is 1710. The highest BCUT2D eigenvalue weighted by Gasteiger charge is 2.38. The first-order valence-electron chi connectivity index (χ1n) is 11.4. The molecule has 0 amide bonds. The maximum atomic E-state index is 13.6. The largest absolute Gasteiger partial charge is 0.379 e. The maximum absolute atomic E-state index is 13.6. The molecule has 0 saturated carbocycles. The van der Waals surface area contributed by atoms with Gasteiger partial charge in [0.15, 0.2) is 0 Å². The normalized spacial score (nSPS) is 14.8. The summed E-state index contributed by atoms with van der Waals surface area (Å²) in [5, 5.41) is 21.9. The summed E-state index contributed by atoms with van der Waals surface area (Å²) in [5.74, 6) is 0. The first-order chi connectivity index (χ1) is 17.1. The van der Waals surface area contributed by atoms with E-state index < -0.39 is 15.6 Å². The summed E-state index contributed by atoms with van der Waals surface area (Å²) in [6, 6.07) is 17.9. The number of rotatable bonds is 5. The highest BCUT2D eigenvalue weighted by Crippen LogP contribution is 2.43. The van der Waals surface area contributed by atoms with Crippen LogP contribution in [0.2, 0.25) is 0 Å². The number of aliphatic imine (C=N–C) groups is 1. The molecule has 3 aromatic carbocycles. The summed E-state index contributed by atoms with van der Waals surface area (Å²) in [5.41, 5.74) is 4.16. The predicted molar refractivity (Wildman–Crippen MR) is 144 cm³/mol. The van der Waals surface area contributed by atoms with E-state index in [1.807, 2.05) is 32.2 Å². The van der Waals surface area contributed by atoms with E-state index in [-0.39, 0.29) is 4.90 Å². The Balaban J connectivity index is 1.70. The average Bonchev–Trinajstić information content (AvgIpc) is 3.49. The zero-order chi connectivity index (χ0) is 25.8. The fourth-order valence-corrected chi connectivity index (χ4v) is 7.06. The van der Waals surface area contributed by atoms with E-state index in [4.69, 9.17) is 4.99 Å². The molecule has 1 N–H and O–H groups in total. The third kappa shape index (κ3) is 3.75. The predicted octanol–water partition coefficient (Wildman–Crippen LogP) is 5.63. The van der Waals surface area contributed by atoms with Gasteiger partial charge in [0.1, 0.15) is 5.60 Å². The molecule has 36 heavy (non-hydrogen) atoms. The Morgan fingerprint density at radius 1 is 1.11 bits per heavy atom. The van der Waals surface area contributed by atoms with Gasteiger partial charge in [-0.15, -0.1) is 11.8 Å². The summed E-state index contributed by atoms with van der Waals surface area (Å²) in [7, 11) is -3.85. The molecule has 0 aliphatic carbocycles. The smallest absolute Gasteiger partial charge is 0.268 e. The molecule has 8 heteroatoms. The van der Waals surface area contributed by atoms with Crippen molar-refractivity contribution in [1.29, 1.82) is 5.26 Å². The van der Waals surface area contributed by atoms with Gasteiger partial charge in [0.25, 0.3) is 10.0 Å². The van der Waals surface area contributed by atoms with Crippen molar-refractivity contribution >= 4 is 44.1 Å². The van der Waals surface area contributed by atoms with Gasteiger partial charge in [-0.25, -0.2) is 12.4 Å². The molecule has 0 saturated heterocycles. The molecule has 0 fully saturated rings. The number of benzene rings is 3. The zero-order valence-corrected chi connectivity index (χ0v) is 22.0. The van der Waals surface area contributed by atoms with Crippen molar-refractivity contribution in [3.8, 4) is 6.07 Å². The number of hydrogen-bond acceptors (Lipinski definition) is 6. The van der Waals surface area contributed by atoms with Gasteiger partial charge in [-0.05, 0) is 74.6 Å². The molecular formula is C28H25N3O3S2. The fraction of sp³-hybridized carbons (Fsp3) is 0.214. The molecule has 1 unspecified atom stereocenters. The first kappa shape index (κ1) is 24.3. The van der Waals surface area contributed by atoms with Crippen LogP contribution in [0.4, 0.5) is 5.69 Å². The van der Waals surface area contributed by atoms with Crippen LogP contribution in [-0.4, -0.2) is 29.5 Å². The van der Waals surface area contributed by atoms with Crippen LogP contribution in [0.15, 0.2) is 75.6 Å². The van der Waals surface area contributed by atoms with Crippen molar-refractivity contribution in [2.24, 2.45) is 4.99 Å². The molecule has 182 valence electrons. The Kier molecular flexibility index (Phi) is 5.83. The van der Waals surface area contributed by atoms with E-state index in [9.17, 15) is 18.8 Å². The minimum atomic E-state index is -3.85. The summed E-state index contributed by atoms with van der Waals surface area (Å²) in [6.45, 7) is 5.50. The SMILES string of the molecule is CSc1cc(C)c2c(ccn2S(=O)(=O)c2ccc(C)cc2)c1C(C)(O)C1=Nc2cc(C#N)ccc2C1. The topological polar surface area (TPSA) is 95.4 Å². The number of thioether (sulfide) groups is 1. The van der Waals surface area contributed by atoms with Crippen LogP contribution in [0.1, 0.15) is 34.7 Å². The van der Waals surface area contributed by atoms with Gasteiger partial charge >= 0.3 is 0 Å². The molecular weight excluding hydrogens is 490 g/mol. The van der Waals surface area contributed by atoms with Gasteiger partial charge in [0, 0.05) is 28.5 Å². The molecule has 5 rings (SSSR count). The lowest BCUT2D eigenvalue weighted by atomic mass is 9.85. The Morgan fingerprint density at radius 3 is 2.50 bits per heavy atom. The average molecular weight is 516 g/mol. The van der Waals surface area contributed by atoms with Crippen molar-refractivity contribution in [2.75, 3.05) is 6.26 Å². The monoisotopic (exact) mass is 515 g/mol. The van der Waals surface area contributed by atoms with Crippen LogP contribution >= 0.6 is 11.8 Å². The number of nitriles is 1. The molecule has 1 atom stereocenters. The summed E-state index contributed by atoms with van der Waals surface area (Å²) in [6.07, 6.45) is 3.94. The van der Waals surface area contributed by atoms with E-state index in [0.29, 0.717) is 39.8 Å². The van der Waals surface area contributed by atoms with Crippen molar-refractivity contribution in [3.05, 3.63) is 88.6 Å². The van der Waals surface area contributed by atoms with Crippen LogP contribution in [-0.2, 0) is 22.0 Å². The molecule has 6 nitrogen and oxygen atoms in total. The van der Waals surface area contributed by atoms with Crippen molar-refractivity contribution < 1.29 is 13.5 Å². The van der Waals surface area contributed by atoms with Gasteiger partial charge in [-0.3, -0.25) is 4.99 Å². The lowest BCUT2D eigenvalue weighted by Crippen LogP contribution is -2.33.